The van der Waals surface area contributed by atoms with Crippen molar-refractivity contribution in [3.05, 3.63) is 136 Å². The smallest absolute Gasteiger partial charge is 0.261 e. The molecule has 0 heterocycles. The first-order valence-corrected chi connectivity index (χ1v) is 12.5. The molecule has 0 unspecified atom stereocenters. The molecule has 0 aliphatic rings. The van der Waals surface area contributed by atoms with Gasteiger partial charge in [-0.3, -0.25) is 9.59 Å². The van der Waals surface area contributed by atoms with Crippen LogP contribution in [0.25, 0.3) is 0 Å². The Morgan fingerprint density at radius 2 is 1.38 bits per heavy atom. The molecule has 1 N–H and O–H groups in total. The van der Waals surface area contributed by atoms with Crippen LogP contribution in [0.5, 0.6) is 5.75 Å². The average Bonchev–Trinajstić information content (AvgIpc) is 2.93. The summed E-state index contributed by atoms with van der Waals surface area (Å²) in [6.45, 7) is 0.243. The van der Waals surface area contributed by atoms with Gasteiger partial charge in [0.15, 0.2) is 6.61 Å². The number of hydrogen-bond acceptors (Lipinski definition) is 3. The van der Waals surface area contributed by atoms with Crippen molar-refractivity contribution in [2.45, 2.75) is 19.1 Å². The van der Waals surface area contributed by atoms with E-state index >= 15 is 0 Å². The van der Waals surface area contributed by atoms with Crippen LogP contribution in [0.15, 0.2) is 109 Å². The van der Waals surface area contributed by atoms with Gasteiger partial charge in [-0.05, 0) is 41.0 Å². The van der Waals surface area contributed by atoms with Crippen LogP contribution in [0.1, 0.15) is 22.7 Å². The number of carbonyl (C=O) groups excluding carboxylic acids is 2. The number of hydrogen-bond donors (Lipinski definition) is 1. The predicted molar refractivity (Wildman–Crippen MR) is 146 cm³/mol. The van der Waals surface area contributed by atoms with E-state index in [-0.39, 0.29) is 25.0 Å². The molecule has 1 atom stereocenters. The van der Waals surface area contributed by atoms with Gasteiger partial charge >= 0.3 is 0 Å². The Morgan fingerprint density at radius 1 is 0.757 bits per heavy atom. The van der Waals surface area contributed by atoms with Gasteiger partial charge in [-0.15, -0.1) is 0 Å². The molecule has 7 heteroatoms. The van der Waals surface area contributed by atoms with Crippen molar-refractivity contribution < 1.29 is 14.3 Å². The van der Waals surface area contributed by atoms with E-state index in [9.17, 15) is 9.59 Å². The topological polar surface area (TPSA) is 58.6 Å². The summed E-state index contributed by atoms with van der Waals surface area (Å²) in [5, 5.41) is 4.01. The lowest BCUT2D eigenvalue weighted by Crippen LogP contribution is -2.45. The third-order valence-corrected chi connectivity index (χ3v) is 6.32. The number of amides is 2. The quantitative estimate of drug-likeness (QED) is 0.255. The summed E-state index contributed by atoms with van der Waals surface area (Å²) in [6, 6.07) is 32.1. The molecule has 4 aromatic carbocycles. The minimum Gasteiger partial charge on any atom is -0.482 e. The number of rotatable bonds is 10. The first kappa shape index (κ1) is 26.3. The van der Waals surface area contributed by atoms with E-state index in [1.54, 1.807) is 41.3 Å². The highest BCUT2D eigenvalue weighted by atomic mass is 35.5. The van der Waals surface area contributed by atoms with Gasteiger partial charge in [-0.2, -0.15) is 0 Å². The molecule has 0 radical (unpaired) electrons. The zero-order chi connectivity index (χ0) is 26.0. The van der Waals surface area contributed by atoms with Gasteiger partial charge in [-0.1, -0.05) is 108 Å². The average molecular weight is 533 g/mol. The molecule has 0 spiro atoms. The SMILES string of the molecule is O=C(NCc1ccc(Cl)cc1)[C@@H](c1ccccc1)N(Cc1ccccc1)C(=O)COc1ccccc1Cl. The summed E-state index contributed by atoms with van der Waals surface area (Å²) < 4.78 is 5.76. The Labute approximate surface area is 226 Å². The lowest BCUT2D eigenvalue weighted by atomic mass is 10.0. The summed E-state index contributed by atoms with van der Waals surface area (Å²) in [6.07, 6.45) is 0. The standard InChI is InChI=1S/C30H26Cl2N2O3/c31-25-17-15-22(16-18-25)19-33-30(36)29(24-11-5-2-6-12-24)34(20-23-9-3-1-4-10-23)28(35)21-37-27-14-8-7-13-26(27)32/h1-18,29H,19-21H2,(H,33,36)/t29-/m1/s1. The van der Waals surface area contributed by atoms with Gasteiger partial charge in [0.2, 0.25) is 5.91 Å². The van der Waals surface area contributed by atoms with Crippen LogP contribution < -0.4 is 10.1 Å². The maximum atomic E-state index is 13.7. The lowest BCUT2D eigenvalue weighted by Gasteiger charge is -2.31. The van der Waals surface area contributed by atoms with Crippen LogP contribution in [-0.2, 0) is 22.7 Å². The van der Waals surface area contributed by atoms with Gasteiger partial charge in [-0.25, -0.2) is 0 Å². The number of carbonyl (C=O) groups is 2. The minimum atomic E-state index is -0.879. The summed E-state index contributed by atoms with van der Waals surface area (Å²) in [5.74, 6) is -0.247. The van der Waals surface area contributed by atoms with Crippen molar-refractivity contribution in [3.8, 4) is 5.75 Å². The van der Waals surface area contributed by atoms with E-state index in [1.807, 2.05) is 72.8 Å². The first-order chi connectivity index (χ1) is 18.0. The second-order valence-corrected chi connectivity index (χ2v) is 9.23. The normalized spacial score (nSPS) is 11.4. The van der Waals surface area contributed by atoms with Crippen LogP contribution in [0, 0.1) is 0 Å². The fourth-order valence-corrected chi connectivity index (χ4v) is 4.20. The maximum Gasteiger partial charge on any atom is 0.261 e. The lowest BCUT2D eigenvalue weighted by molar-refractivity contribution is -0.143. The summed E-state index contributed by atoms with van der Waals surface area (Å²) in [4.78, 5) is 28.8. The molecule has 5 nitrogen and oxygen atoms in total. The molecular formula is C30H26Cl2N2O3. The van der Waals surface area contributed by atoms with Crippen molar-refractivity contribution in [1.29, 1.82) is 0 Å². The molecule has 37 heavy (non-hydrogen) atoms. The third kappa shape index (κ3) is 7.35. The van der Waals surface area contributed by atoms with Crippen molar-refractivity contribution >= 4 is 35.0 Å². The largest absolute Gasteiger partial charge is 0.482 e. The number of benzene rings is 4. The van der Waals surface area contributed by atoms with E-state index in [2.05, 4.69) is 5.32 Å². The second kappa shape index (κ2) is 12.9. The Balaban J connectivity index is 1.62. The number of ether oxygens (including phenoxy) is 1. The molecule has 0 saturated carbocycles. The highest BCUT2D eigenvalue weighted by Gasteiger charge is 2.31. The zero-order valence-electron chi connectivity index (χ0n) is 20.0. The number of para-hydroxylation sites is 1. The van der Waals surface area contributed by atoms with Crippen LogP contribution in [0.2, 0.25) is 10.0 Å². The Bertz CT molecular complexity index is 1320. The fourth-order valence-electron chi connectivity index (χ4n) is 3.88. The van der Waals surface area contributed by atoms with Crippen LogP contribution in [0.4, 0.5) is 0 Å². The monoisotopic (exact) mass is 532 g/mol. The molecule has 0 aliphatic heterocycles. The molecule has 0 fully saturated rings. The van der Waals surface area contributed by atoms with Crippen molar-refractivity contribution in [1.82, 2.24) is 10.2 Å². The van der Waals surface area contributed by atoms with Crippen LogP contribution in [-0.4, -0.2) is 23.3 Å². The second-order valence-electron chi connectivity index (χ2n) is 8.38. The van der Waals surface area contributed by atoms with Crippen molar-refractivity contribution in [3.63, 3.8) is 0 Å². The molecule has 0 aliphatic carbocycles. The summed E-state index contributed by atoms with van der Waals surface area (Å²) in [7, 11) is 0. The Morgan fingerprint density at radius 3 is 2.05 bits per heavy atom. The number of halogens is 2. The first-order valence-electron chi connectivity index (χ1n) is 11.8. The highest BCUT2D eigenvalue weighted by molar-refractivity contribution is 6.32. The molecule has 4 rings (SSSR count). The summed E-state index contributed by atoms with van der Waals surface area (Å²) in [5.41, 5.74) is 2.48. The Kier molecular flexibility index (Phi) is 9.19. The van der Waals surface area contributed by atoms with E-state index in [4.69, 9.17) is 27.9 Å². The molecule has 0 saturated heterocycles. The van der Waals surface area contributed by atoms with E-state index in [0.29, 0.717) is 27.9 Å². The molecule has 188 valence electrons. The minimum absolute atomic E-state index is 0.222. The molecule has 2 amide bonds. The molecular weight excluding hydrogens is 507 g/mol. The molecule has 0 aromatic heterocycles. The van der Waals surface area contributed by atoms with Gasteiger partial charge in [0, 0.05) is 18.1 Å². The molecule has 4 aromatic rings. The van der Waals surface area contributed by atoms with E-state index < -0.39 is 6.04 Å². The Hall–Kier alpha value is -3.80. The van der Waals surface area contributed by atoms with E-state index in [0.717, 1.165) is 11.1 Å². The van der Waals surface area contributed by atoms with Gasteiger partial charge in [0.05, 0.1) is 5.02 Å². The summed E-state index contributed by atoms with van der Waals surface area (Å²) >= 11 is 12.2. The van der Waals surface area contributed by atoms with Crippen molar-refractivity contribution in [2.75, 3.05) is 6.61 Å². The van der Waals surface area contributed by atoms with Gasteiger partial charge in [0.25, 0.3) is 5.91 Å². The van der Waals surface area contributed by atoms with Crippen LogP contribution in [0.3, 0.4) is 0 Å². The fraction of sp³-hybridized carbons (Fsp3) is 0.133. The van der Waals surface area contributed by atoms with Gasteiger partial charge in [0.1, 0.15) is 11.8 Å². The number of nitrogens with one attached hydrogen (secondary N) is 1. The van der Waals surface area contributed by atoms with Crippen molar-refractivity contribution in [2.24, 2.45) is 0 Å². The maximum absolute atomic E-state index is 13.7. The highest BCUT2D eigenvalue weighted by Crippen LogP contribution is 2.26. The third-order valence-electron chi connectivity index (χ3n) is 5.76. The van der Waals surface area contributed by atoms with Gasteiger partial charge < -0.3 is 15.0 Å². The predicted octanol–water partition coefficient (Wildman–Crippen LogP) is 6.46. The van der Waals surface area contributed by atoms with E-state index in [1.165, 1.54) is 0 Å². The zero-order valence-corrected chi connectivity index (χ0v) is 21.5. The van der Waals surface area contributed by atoms with Crippen LogP contribution >= 0.6 is 23.2 Å². The molecule has 0 bridgehead atoms. The number of nitrogens with zero attached hydrogens (tertiary/aromatic N) is 1.